The van der Waals surface area contributed by atoms with Crippen LogP contribution in [0.2, 0.25) is 0 Å². The molecule has 282 valence electrons. The van der Waals surface area contributed by atoms with Gasteiger partial charge in [0.05, 0.1) is 19.7 Å². The van der Waals surface area contributed by atoms with E-state index in [4.69, 9.17) is 0 Å². The molecular formula is C28H47N9O13. The first-order valence-electron chi connectivity index (χ1n) is 15.7. The maximum Gasteiger partial charge on any atom is 0.245 e. The zero-order chi connectivity index (χ0) is 38.0. The first-order chi connectivity index (χ1) is 23.5. The Kier molecular flexibility index (Phi) is 18.9. The summed E-state index contributed by atoms with van der Waals surface area (Å²) in [5.74, 6) is -7.64. The topological polar surface area (TPSA) is 316 Å². The Balaban J connectivity index is 3.45. The van der Waals surface area contributed by atoms with Crippen molar-refractivity contribution in [1.82, 2.24) is 47.1 Å². The number of amides is 9. The van der Waals surface area contributed by atoms with Gasteiger partial charge in [-0.25, -0.2) is 15.2 Å². The van der Waals surface area contributed by atoms with Gasteiger partial charge in [0.2, 0.25) is 53.2 Å². The summed E-state index contributed by atoms with van der Waals surface area (Å²) in [6.45, 7) is 0.217. The average molecular weight is 718 g/mol. The SMILES string of the molecule is CC(=O)N(O)CCC[C@@H]1NC(=O)CNC(=O)[C@@H](CO)NC(=O)CNC(=O)[C@H](CCCN(O)C(C)=O)NC(=O)[C@H](CCCN(O)C(C)=O)NC1=O. The molecule has 0 aromatic carbocycles. The third-order valence-electron chi connectivity index (χ3n) is 7.28. The molecule has 22 nitrogen and oxygen atoms in total. The third-order valence-corrected chi connectivity index (χ3v) is 7.28. The fourth-order valence-electron chi connectivity index (χ4n) is 4.42. The number of rotatable bonds is 13. The van der Waals surface area contributed by atoms with Crippen molar-refractivity contribution < 1.29 is 63.9 Å². The van der Waals surface area contributed by atoms with E-state index < -0.39 is 97.0 Å². The Morgan fingerprint density at radius 2 is 0.840 bits per heavy atom. The number of hydrogen-bond donors (Lipinski definition) is 10. The summed E-state index contributed by atoms with van der Waals surface area (Å²) in [5.41, 5.74) is 0. The molecule has 0 aromatic heterocycles. The number of carbonyl (C=O) groups excluding carboxylic acids is 9. The number of carbonyl (C=O) groups is 9. The van der Waals surface area contributed by atoms with Gasteiger partial charge in [-0.1, -0.05) is 0 Å². The van der Waals surface area contributed by atoms with Gasteiger partial charge in [-0.2, -0.15) is 0 Å². The highest BCUT2D eigenvalue weighted by molar-refractivity contribution is 5.96. The van der Waals surface area contributed by atoms with Gasteiger partial charge in [-0.05, 0) is 38.5 Å². The number of nitrogens with one attached hydrogen (secondary N) is 6. The molecule has 9 amide bonds. The lowest BCUT2D eigenvalue weighted by molar-refractivity contribution is -0.163. The standard InChI is InChI=1S/C28H47N9O13/c1-16(39)35(48)10-4-7-19-25(44)29-14-24(43)32-22(15-38)26(45)30-13-23(42)31-20(8-5-11-36(49)17(2)40)27(46)34-21(28(47)33-19)9-6-12-37(50)18(3)41/h19-22,38,48-50H,4-15H2,1-3H3,(H,29,44)(H,30,45)(H,31,42)(H,32,43)(H,33,47)(H,34,46)/t19-,20-,21-,22+/m0/s1. The molecule has 0 spiro atoms. The van der Waals surface area contributed by atoms with Gasteiger partial charge in [0.1, 0.15) is 24.2 Å². The molecule has 0 radical (unpaired) electrons. The Hall–Kier alpha value is -4.93. The minimum atomic E-state index is -1.54. The van der Waals surface area contributed by atoms with E-state index >= 15 is 0 Å². The van der Waals surface area contributed by atoms with Crippen LogP contribution < -0.4 is 31.9 Å². The van der Waals surface area contributed by atoms with Gasteiger partial charge < -0.3 is 37.0 Å². The van der Waals surface area contributed by atoms with Crippen LogP contribution in [-0.2, 0) is 43.2 Å². The Morgan fingerprint density at radius 1 is 0.540 bits per heavy atom. The van der Waals surface area contributed by atoms with Gasteiger partial charge in [0, 0.05) is 40.4 Å². The van der Waals surface area contributed by atoms with Crippen molar-refractivity contribution in [2.75, 3.05) is 39.3 Å². The minimum absolute atomic E-state index is 0.0290. The zero-order valence-corrected chi connectivity index (χ0v) is 28.1. The van der Waals surface area contributed by atoms with E-state index in [1.165, 1.54) is 0 Å². The van der Waals surface area contributed by atoms with Gasteiger partial charge >= 0.3 is 0 Å². The average Bonchev–Trinajstić information content (AvgIpc) is 3.05. The fourth-order valence-corrected chi connectivity index (χ4v) is 4.42. The van der Waals surface area contributed by atoms with Crippen LogP contribution in [0.4, 0.5) is 0 Å². The molecule has 0 unspecified atom stereocenters. The summed E-state index contributed by atoms with van der Waals surface area (Å²) in [5, 5.41) is 53.9. The molecule has 4 atom stereocenters. The van der Waals surface area contributed by atoms with Gasteiger partial charge in [-0.15, -0.1) is 0 Å². The second kappa shape index (κ2) is 21.9. The maximum absolute atomic E-state index is 13.6. The monoisotopic (exact) mass is 717 g/mol. The number of hydrogen-bond acceptors (Lipinski definition) is 13. The quantitative estimate of drug-likeness (QED) is 0.0633. The van der Waals surface area contributed by atoms with E-state index in [0.717, 1.165) is 20.8 Å². The lowest BCUT2D eigenvalue weighted by Gasteiger charge is -2.26. The summed E-state index contributed by atoms with van der Waals surface area (Å²) < 4.78 is 0. The summed E-state index contributed by atoms with van der Waals surface area (Å²) in [7, 11) is 0. The van der Waals surface area contributed by atoms with Crippen molar-refractivity contribution in [3.05, 3.63) is 0 Å². The molecule has 1 heterocycles. The van der Waals surface area contributed by atoms with Crippen LogP contribution in [-0.4, -0.2) is 153 Å². The molecule has 50 heavy (non-hydrogen) atoms. The van der Waals surface area contributed by atoms with Crippen LogP contribution in [0.5, 0.6) is 0 Å². The van der Waals surface area contributed by atoms with Crippen LogP contribution in [0, 0.1) is 0 Å². The predicted molar refractivity (Wildman–Crippen MR) is 166 cm³/mol. The zero-order valence-electron chi connectivity index (χ0n) is 28.1. The van der Waals surface area contributed by atoms with E-state index in [2.05, 4.69) is 31.9 Å². The lowest BCUT2D eigenvalue weighted by atomic mass is 10.1. The summed E-state index contributed by atoms with van der Waals surface area (Å²) in [6.07, 6.45) is -0.685. The molecule has 0 aliphatic carbocycles. The van der Waals surface area contributed by atoms with Crippen LogP contribution in [0.1, 0.15) is 59.3 Å². The number of aliphatic hydroxyl groups excluding tert-OH is 1. The van der Waals surface area contributed by atoms with Crippen molar-refractivity contribution in [1.29, 1.82) is 0 Å². The van der Waals surface area contributed by atoms with Gasteiger partial charge in [-0.3, -0.25) is 58.8 Å². The fraction of sp³-hybridized carbons (Fsp3) is 0.679. The highest BCUT2D eigenvalue weighted by Gasteiger charge is 2.31. The van der Waals surface area contributed by atoms with E-state index in [1.54, 1.807) is 0 Å². The van der Waals surface area contributed by atoms with E-state index in [0.29, 0.717) is 15.2 Å². The van der Waals surface area contributed by atoms with Crippen molar-refractivity contribution in [2.24, 2.45) is 0 Å². The predicted octanol–water partition coefficient (Wildman–Crippen LogP) is -4.78. The first-order valence-corrected chi connectivity index (χ1v) is 15.7. The first kappa shape index (κ1) is 43.1. The molecule has 1 saturated heterocycles. The number of hydroxylamine groups is 6. The normalized spacial score (nSPS) is 21.2. The molecule has 22 heteroatoms. The number of aliphatic hydroxyl groups is 1. The highest BCUT2D eigenvalue weighted by Crippen LogP contribution is 2.07. The Labute approximate surface area is 287 Å². The molecule has 10 N–H and O–H groups in total. The van der Waals surface area contributed by atoms with Crippen molar-refractivity contribution in [3.63, 3.8) is 0 Å². The molecule has 0 bridgehead atoms. The van der Waals surface area contributed by atoms with Gasteiger partial charge in [0.15, 0.2) is 0 Å². The Morgan fingerprint density at radius 3 is 1.18 bits per heavy atom. The largest absolute Gasteiger partial charge is 0.394 e. The van der Waals surface area contributed by atoms with Crippen LogP contribution >= 0.6 is 0 Å². The van der Waals surface area contributed by atoms with E-state index in [9.17, 15) is 63.9 Å². The van der Waals surface area contributed by atoms with Crippen molar-refractivity contribution >= 4 is 53.2 Å². The van der Waals surface area contributed by atoms with Crippen LogP contribution in [0.25, 0.3) is 0 Å². The second-order valence-electron chi connectivity index (χ2n) is 11.3. The molecule has 1 rings (SSSR count). The molecule has 0 aromatic rings. The molecule has 1 aliphatic heterocycles. The molecular weight excluding hydrogens is 670 g/mol. The summed E-state index contributed by atoms with van der Waals surface area (Å²) >= 11 is 0. The Bertz CT molecular complexity index is 1230. The highest BCUT2D eigenvalue weighted by atomic mass is 16.5. The van der Waals surface area contributed by atoms with Crippen molar-refractivity contribution in [3.8, 4) is 0 Å². The third kappa shape index (κ3) is 16.0. The second-order valence-corrected chi connectivity index (χ2v) is 11.3. The van der Waals surface area contributed by atoms with Crippen LogP contribution in [0.15, 0.2) is 0 Å². The minimum Gasteiger partial charge on any atom is -0.394 e. The van der Waals surface area contributed by atoms with Gasteiger partial charge in [0.25, 0.3) is 0 Å². The summed E-state index contributed by atoms with van der Waals surface area (Å²) in [4.78, 5) is 112. The number of nitrogens with zero attached hydrogens (tertiary/aromatic N) is 3. The van der Waals surface area contributed by atoms with E-state index in [1.807, 2.05) is 0 Å². The van der Waals surface area contributed by atoms with E-state index in [-0.39, 0.29) is 58.2 Å². The summed E-state index contributed by atoms with van der Waals surface area (Å²) in [6, 6.07) is -5.79. The lowest BCUT2D eigenvalue weighted by Crippen LogP contribution is -2.59. The maximum atomic E-state index is 13.6. The molecule has 1 aliphatic rings. The smallest absolute Gasteiger partial charge is 0.245 e. The van der Waals surface area contributed by atoms with Crippen LogP contribution in [0.3, 0.4) is 0 Å². The molecule has 0 saturated carbocycles. The molecule has 1 fully saturated rings. The van der Waals surface area contributed by atoms with Crippen molar-refractivity contribution in [2.45, 2.75) is 83.5 Å².